The first kappa shape index (κ1) is 17.8. The fraction of sp³-hybridized carbons (Fsp3) is 0.0476. The number of ketones is 1. The maximum absolute atomic E-state index is 11.8. The Labute approximate surface area is 164 Å². The molecule has 4 rings (SSSR count). The summed E-state index contributed by atoms with van der Waals surface area (Å²) in [5, 5.41) is 25.2. The third-order valence-corrected chi connectivity index (χ3v) is 5.14. The molecule has 0 radical (unpaired) electrons. The Bertz CT molecular complexity index is 1260. The molecule has 6 nitrogen and oxygen atoms in total. The molecule has 0 aliphatic heterocycles. The van der Waals surface area contributed by atoms with Crippen molar-refractivity contribution in [3.63, 3.8) is 0 Å². The number of aromatic hydroxyl groups is 1. The number of phenols is 1. The summed E-state index contributed by atoms with van der Waals surface area (Å²) in [5.74, 6) is -0.00544. The number of carbonyl (C=O) groups is 1. The molecule has 1 aromatic heterocycles. The van der Waals surface area contributed by atoms with Crippen molar-refractivity contribution in [3.8, 4) is 11.4 Å². The highest BCUT2D eigenvalue weighted by Crippen LogP contribution is 2.25. The van der Waals surface area contributed by atoms with Gasteiger partial charge in [-0.2, -0.15) is 10.2 Å². The first-order chi connectivity index (χ1) is 13.6. The number of phenolic OH excluding ortho intramolecular Hbond substituents is 1. The predicted octanol–water partition coefficient (Wildman–Crippen LogP) is 3.93. The SMILES string of the molecule is CC(=O)c1nn(-c2ccccc2)/c(=N/N=C/c2c(O)ccc3ccccc23)s1. The Morgan fingerprint density at radius 2 is 1.82 bits per heavy atom. The van der Waals surface area contributed by atoms with Gasteiger partial charge in [0.25, 0.3) is 0 Å². The second-order valence-electron chi connectivity index (χ2n) is 6.06. The highest BCUT2D eigenvalue weighted by atomic mass is 32.1. The predicted molar refractivity (Wildman–Crippen MR) is 110 cm³/mol. The highest BCUT2D eigenvalue weighted by molar-refractivity contribution is 7.10. The number of fused-ring (bicyclic) bond motifs is 1. The fourth-order valence-corrected chi connectivity index (χ4v) is 3.54. The number of nitrogens with zero attached hydrogens (tertiary/aromatic N) is 4. The number of rotatable bonds is 4. The van der Waals surface area contributed by atoms with Gasteiger partial charge in [-0.1, -0.05) is 59.9 Å². The van der Waals surface area contributed by atoms with Crippen molar-refractivity contribution in [3.05, 3.63) is 82.1 Å². The van der Waals surface area contributed by atoms with Crippen LogP contribution in [0.2, 0.25) is 0 Å². The van der Waals surface area contributed by atoms with E-state index in [2.05, 4.69) is 15.3 Å². The van der Waals surface area contributed by atoms with Crippen LogP contribution in [0.25, 0.3) is 16.5 Å². The molecule has 0 saturated carbocycles. The average molecular weight is 388 g/mol. The van der Waals surface area contributed by atoms with Gasteiger partial charge < -0.3 is 5.11 Å². The fourth-order valence-electron chi connectivity index (χ4n) is 2.78. The molecule has 4 aromatic rings. The van der Waals surface area contributed by atoms with Gasteiger partial charge in [0.2, 0.25) is 4.80 Å². The zero-order valence-corrected chi connectivity index (χ0v) is 15.8. The van der Waals surface area contributed by atoms with Crippen molar-refractivity contribution in [2.45, 2.75) is 6.92 Å². The Morgan fingerprint density at radius 1 is 1.07 bits per heavy atom. The molecule has 0 aliphatic rings. The minimum absolute atomic E-state index is 0.127. The van der Waals surface area contributed by atoms with Crippen LogP contribution in [-0.2, 0) is 0 Å². The largest absolute Gasteiger partial charge is 0.507 e. The van der Waals surface area contributed by atoms with E-state index in [0.29, 0.717) is 15.4 Å². The number of hydrogen-bond acceptors (Lipinski definition) is 6. The van der Waals surface area contributed by atoms with Crippen LogP contribution in [0.4, 0.5) is 0 Å². The standard InChI is InChI=1S/C21H16N4O2S/c1-14(26)20-24-25(16-8-3-2-4-9-16)21(28-20)23-22-13-18-17-10-6-5-7-15(17)11-12-19(18)27/h2-13,27H,1H3/b22-13+,23-21-. The smallest absolute Gasteiger partial charge is 0.233 e. The van der Waals surface area contributed by atoms with E-state index >= 15 is 0 Å². The second kappa shape index (κ2) is 7.58. The van der Waals surface area contributed by atoms with Gasteiger partial charge in [0.1, 0.15) is 5.75 Å². The van der Waals surface area contributed by atoms with Crippen molar-refractivity contribution >= 4 is 34.1 Å². The van der Waals surface area contributed by atoms with Crippen molar-refractivity contribution in [2.75, 3.05) is 0 Å². The maximum atomic E-state index is 11.8. The summed E-state index contributed by atoms with van der Waals surface area (Å²) in [4.78, 5) is 12.2. The lowest BCUT2D eigenvalue weighted by atomic mass is 10.0. The summed E-state index contributed by atoms with van der Waals surface area (Å²) < 4.78 is 1.59. The minimum atomic E-state index is -0.133. The van der Waals surface area contributed by atoms with E-state index < -0.39 is 0 Å². The summed E-state index contributed by atoms with van der Waals surface area (Å²) in [6.45, 7) is 1.47. The molecule has 7 heteroatoms. The van der Waals surface area contributed by atoms with E-state index in [4.69, 9.17) is 0 Å². The third kappa shape index (κ3) is 3.47. The lowest BCUT2D eigenvalue weighted by Gasteiger charge is -2.03. The summed E-state index contributed by atoms with van der Waals surface area (Å²) in [7, 11) is 0. The molecule has 1 N–H and O–H groups in total. The summed E-state index contributed by atoms with van der Waals surface area (Å²) in [5.41, 5.74) is 1.37. The second-order valence-corrected chi connectivity index (χ2v) is 7.01. The van der Waals surface area contributed by atoms with Crippen LogP contribution in [0, 0.1) is 0 Å². The molecule has 1 heterocycles. The Balaban J connectivity index is 1.81. The number of Topliss-reactive ketones (excluding diaryl/α,β-unsaturated/α-hetero) is 1. The van der Waals surface area contributed by atoms with E-state index in [1.54, 1.807) is 10.7 Å². The molecule has 0 spiro atoms. The van der Waals surface area contributed by atoms with Crippen LogP contribution < -0.4 is 4.80 Å². The Kier molecular flexibility index (Phi) is 4.82. The number of para-hydroxylation sites is 1. The maximum Gasteiger partial charge on any atom is 0.233 e. The Morgan fingerprint density at radius 3 is 2.61 bits per heavy atom. The molecule has 0 bridgehead atoms. The molecule has 0 fully saturated rings. The number of aromatic nitrogens is 2. The van der Waals surface area contributed by atoms with Gasteiger partial charge in [-0.25, -0.2) is 4.68 Å². The van der Waals surface area contributed by atoms with Gasteiger partial charge in [0.05, 0.1) is 11.9 Å². The van der Waals surface area contributed by atoms with Crippen LogP contribution in [0.1, 0.15) is 22.3 Å². The summed E-state index contributed by atoms with van der Waals surface area (Å²) in [6.07, 6.45) is 1.51. The molecule has 0 amide bonds. The van der Waals surface area contributed by atoms with Crippen LogP contribution in [0.15, 0.2) is 76.9 Å². The molecule has 0 aliphatic carbocycles. The molecule has 138 valence electrons. The van der Waals surface area contributed by atoms with Gasteiger partial charge >= 0.3 is 0 Å². The monoisotopic (exact) mass is 388 g/mol. The van der Waals surface area contributed by atoms with Crippen LogP contribution in [0.3, 0.4) is 0 Å². The van der Waals surface area contributed by atoms with Crippen LogP contribution in [-0.4, -0.2) is 26.9 Å². The molecule has 3 aromatic carbocycles. The van der Waals surface area contributed by atoms with Crippen LogP contribution in [0.5, 0.6) is 5.75 Å². The van der Waals surface area contributed by atoms with Crippen molar-refractivity contribution in [1.82, 2.24) is 9.78 Å². The number of carbonyl (C=O) groups excluding carboxylic acids is 1. The normalized spacial score (nSPS) is 12.1. The zero-order valence-electron chi connectivity index (χ0n) is 15.0. The zero-order chi connectivity index (χ0) is 19.5. The van der Waals surface area contributed by atoms with Gasteiger partial charge in [-0.15, -0.1) is 5.10 Å². The number of hydrogen-bond donors (Lipinski definition) is 1. The van der Waals surface area contributed by atoms with E-state index in [9.17, 15) is 9.90 Å². The lowest BCUT2D eigenvalue weighted by Crippen LogP contribution is -2.13. The van der Waals surface area contributed by atoms with E-state index in [1.807, 2.05) is 60.7 Å². The van der Waals surface area contributed by atoms with Crippen molar-refractivity contribution in [2.24, 2.45) is 10.2 Å². The first-order valence-electron chi connectivity index (χ1n) is 8.58. The molecule has 28 heavy (non-hydrogen) atoms. The van der Waals surface area contributed by atoms with Gasteiger partial charge in [0, 0.05) is 12.5 Å². The number of benzene rings is 3. The van der Waals surface area contributed by atoms with Gasteiger partial charge in [0.15, 0.2) is 10.8 Å². The summed E-state index contributed by atoms with van der Waals surface area (Å²) in [6, 6.07) is 20.6. The summed E-state index contributed by atoms with van der Waals surface area (Å²) >= 11 is 1.16. The average Bonchev–Trinajstić information content (AvgIpc) is 3.15. The molecule has 0 unspecified atom stereocenters. The quantitative estimate of drug-likeness (QED) is 0.327. The molecular formula is C21H16N4O2S. The molecule has 0 atom stereocenters. The van der Waals surface area contributed by atoms with Gasteiger partial charge in [-0.3, -0.25) is 4.79 Å². The molecule has 0 saturated heterocycles. The van der Waals surface area contributed by atoms with Crippen molar-refractivity contribution in [1.29, 1.82) is 0 Å². The van der Waals surface area contributed by atoms with E-state index in [0.717, 1.165) is 27.8 Å². The Hall–Kier alpha value is -3.58. The lowest BCUT2D eigenvalue weighted by molar-refractivity contribution is 0.101. The highest BCUT2D eigenvalue weighted by Gasteiger charge is 2.10. The van der Waals surface area contributed by atoms with E-state index in [1.165, 1.54) is 13.1 Å². The molecular weight excluding hydrogens is 372 g/mol. The minimum Gasteiger partial charge on any atom is -0.507 e. The van der Waals surface area contributed by atoms with Crippen LogP contribution >= 0.6 is 11.3 Å². The third-order valence-electron chi connectivity index (χ3n) is 4.14. The van der Waals surface area contributed by atoms with E-state index in [-0.39, 0.29) is 11.5 Å². The van der Waals surface area contributed by atoms with Crippen molar-refractivity contribution < 1.29 is 9.90 Å². The topological polar surface area (TPSA) is 79.8 Å². The first-order valence-corrected chi connectivity index (χ1v) is 9.39. The van der Waals surface area contributed by atoms with Gasteiger partial charge in [-0.05, 0) is 29.0 Å².